The fourth-order valence-corrected chi connectivity index (χ4v) is 3.48. The molecule has 11 heteroatoms. The van der Waals surface area contributed by atoms with Gasteiger partial charge in [0.1, 0.15) is 5.75 Å². The predicted octanol–water partition coefficient (Wildman–Crippen LogP) is 2.62. The zero-order valence-electron chi connectivity index (χ0n) is 17.4. The maximum atomic E-state index is 12.4. The van der Waals surface area contributed by atoms with Crippen LogP contribution in [-0.2, 0) is 16.0 Å². The number of carbonyl (C=O) groups is 3. The summed E-state index contributed by atoms with van der Waals surface area (Å²) in [4.78, 5) is 53.7. The molecule has 0 bridgehead atoms. The quantitative estimate of drug-likeness (QED) is 0.411. The molecule has 0 fully saturated rings. The van der Waals surface area contributed by atoms with Crippen molar-refractivity contribution in [1.29, 1.82) is 0 Å². The Morgan fingerprint density at radius 1 is 1.12 bits per heavy atom. The summed E-state index contributed by atoms with van der Waals surface area (Å²) in [6.45, 7) is 1.40. The van der Waals surface area contributed by atoms with Crippen LogP contribution in [0.5, 0.6) is 5.75 Å². The number of amides is 3. The second-order valence-corrected chi connectivity index (χ2v) is 7.54. The number of anilines is 3. The molecule has 0 aliphatic rings. The second kappa shape index (κ2) is 10.4. The summed E-state index contributed by atoms with van der Waals surface area (Å²) in [7, 11) is 1.49. The standard InChI is InChI=1S/C21H21N5O5S/c1-12(27)23-14-4-6-17(31-2)16(9-14)25-19(29)8-5-15-11-32-21(24-15)26-20(30)13-3-7-18(28)22-10-13/h3-4,6-7,9-11H,5,8H2,1-2H3,(H,22,28)(H,23,27)(H,25,29)(H,24,26,30). The maximum absolute atomic E-state index is 12.4. The van der Waals surface area contributed by atoms with E-state index in [4.69, 9.17) is 4.74 Å². The topological polar surface area (TPSA) is 142 Å². The number of methoxy groups -OCH3 is 1. The van der Waals surface area contributed by atoms with Crippen LogP contribution >= 0.6 is 11.3 Å². The van der Waals surface area contributed by atoms with Gasteiger partial charge in [-0.05, 0) is 30.7 Å². The molecule has 2 aromatic heterocycles. The molecule has 0 saturated carbocycles. The highest BCUT2D eigenvalue weighted by molar-refractivity contribution is 7.14. The molecular formula is C21H21N5O5S. The van der Waals surface area contributed by atoms with Gasteiger partial charge in [0.15, 0.2) is 5.13 Å². The normalized spacial score (nSPS) is 10.3. The Labute approximate surface area is 187 Å². The SMILES string of the molecule is COc1ccc(NC(C)=O)cc1NC(=O)CCc1csc(NC(=O)c2ccc(=O)[nH]c2)n1. The maximum Gasteiger partial charge on any atom is 0.258 e. The highest BCUT2D eigenvalue weighted by Crippen LogP contribution is 2.28. The van der Waals surface area contributed by atoms with Gasteiger partial charge in [-0.15, -0.1) is 11.3 Å². The Bertz CT molecular complexity index is 1180. The van der Waals surface area contributed by atoms with Gasteiger partial charge in [-0.1, -0.05) is 0 Å². The lowest BCUT2D eigenvalue weighted by atomic mass is 10.2. The monoisotopic (exact) mass is 455 g/mol. The van der Waals surface area contributed by atoms with Gasteiger partial charge in [0.2, 0.25) is 17.4 Å². The van der Waals surface area contributed by atoms with Crippen molar-refractivity contribution in [3.05, 3.63) is 63.5 Å². The van der Waals surface area contributed by atoms with Crippen molar-refractivity contribution in [2.45, 2.75) is 19.8 Å². The van der Waals surface area contributed by atoms with Crippen molar-refractivity contribution in [3.63, 3.8) is 0 Å². The first-order valence-electron chi connectivity index (χ1n) is 9.54. The molecule has 0 unspecified atom stereocenters. The van der Waals surface area contributed by atoms with Crippen LogP contribution in [0.1, 0.15) is 29.4 Å². The first kappa shape index (κ1) is 22.7. The molecule has 0 saturated heterocycles. The van der Waals surface area contributed by atoms with Gasteiger partial charge in [-0.25, -0.2) is 4.98 Å². The molecule has 3 amide bonds. The number of hydrogen-bond donors (Lipinski definition) is 4. The molecule has 0 spiro atoms. The van der Waals surface area contributed by atoms with Crippen LogP contribution in [0.15, 0.2) is 46.7 Å². The van der Waals surface area contributed by atoms with E-state index >= 15 is 0 Å². The van der Waals surface area contributed by atoms with Crippen LogP contribution in [0.4, 0.5) is 16.5 Å². The molecule has 3 aromatic rings. The lowest BCUT2D eigenvalue weighted by molar-refractivity contribution is -0.116. The van der Waals surface area contributed by atoms with Crippen LogP contribution in [0.25, 0.3) is 0 Å². The number of nitrogens with one attached hydrogen (secondary N) is 4. The first-order chi connectivity index (χ1) is 15.3. The third-order valence-corrected chi connectivity index (χ3v) is 5.03. The minimum Gasteiger partial charge on any atom is -0.495 e. The average molecular weight is 455 g/mol. The van der Waals surface area contributed by atoms with Crippen LogP contribution in [0.3, 0.4) is 0 Å². The Morgan fingerprint density at radius 2 is 1.94 bits per heavy atom. The molecule has 0 atom stereocenters. The fourth-order valence-electron chi connectivity index (χ4n) is 2.74. The zero-order valence-corrected chi connectivity index (χ0v) is 18.2. The van der Waals surface area contributed by atoms with Crippen LogP contribution in [0, 0.1) is 0 Å². The Balaban J connectivity index is 1.56. The van der Waals surface area contributed by atoms with Gasteiger partial charge >= 0.3 is 0 Å². The Hall–Kier alpha value is -3.99. The largest absolute Gasteiger partial charge is 0.495 e. The van der Waals surface area contributed by atoms with Crippen LogP contribution in [-0.4, -0.2) is 34.8 Å². The summed E-state index contributed by atoms with van der Waals surface area (Å²) in [5.74, 6) is -0.408. The highest BCUT2D eigenvalue weighted by Gasteiger charge is 2.12. The van der Waals surface area contributed by atoms with E-state index in [1.165, 1.54) is 43.7 Å². The predicted molar refractivity (Wildman–Crippen MR) is 121 cm³/mol. The third kappa shape index (κ3) is 6.25. The van der Waals surface area contributed by atoms with E-state index in [1.807, 2.05) is 0 Å². The van der Waals surface area contributed by atoms with E-state index < -0.39 is 5.91 Å². The minimum atomic E-state index is -0.397. The molecule has 2 heterocycles. The number of aromatic amines is 1. The summed E-state index contributed by atoms with van der Waals surface area (Å²) in [5.41, 5.74) is 1.64. The van der Waals surface area contributed by atoms with Gasteiger partial charge in [-0.2, -0.15) is 0 Å². The van der Waals surface area contributed by atoms with Crippen molar-refractivity contribution in [3.8, 4) is 5.75 Å². The highest BCUT2D eigenvalue weighted by atomic mass is 32.1. The van der Waals surface area contributed by atoms with Crippen molar-refractivity contribution in [1.82, 2.24) is 9.97 Å². The van der Waals surface area contributed by atoms with Crippen molar-refractivity contribution in [2.75, 3.05) is 23.1 Å². The smallest absolute Gasteiger partial charge is 0.258 e. The molecule has 3 rings (SSSR count). The van der Waals surface area contributed by atoms with Gasteiger partial charge in [-0.3, -0.25) is 24.5 Å². The summed E-state index contributed by atoms with van der Waals surface area (Å²) in [6.07, 6.45) is 1.85. The van der Waals surface area contributed by atoms with E-state index in [1.54, 1.807) is 23.6 Å². The van der Waals surface area contributed by atoms with Crippen molar-refractivity contribution < 1.29 is 19.1 Å². The Kier molecular flexibility index (Phi) is 7.34. The second-order valence-electron chi connectivity index (χ2n) is 6.68. The summed E-state index contributed by atoms with van der Waals surface area (Å²) >= 11 is 1.24. The molecule has 0 aliphatic heterocycles. The van der Waals surface area contributed by atoms with Gasteiger partial charge in [0, 0.05) is 36.7 Å². The molecule has 0 aliphatic carbocycles. The molecule has 0 radical (unpaired) electrons. The molecule has 10 nitrogen and oxygen atoms in total. The number of thiazole rings is 1. The number of rotatable bonds is 8. The number of nitrogens with zero attached hydrogens (tertiary/aromatic N) is 1. The van der Waals surface area contributed by atoms with Crippen LogP contribution in [0.2, 0.25) is 0 Å². The first-order valence-corrected chi connectivity index (χ1v) is 10.4. The van der Waals surface area contributed by atoms with E-state index in [-0.39, 0.29) is 23.8 Å². The van der Waals surface area contributed by atoms with E-state index in [2.05, 4.69) is 25.9 Å². The summed E-state index contributed by atoms with van der Waals surface area (Å²) in [6, 6.07) is 7.63. The number of benzene rings is 1. The Morgan fingerprint density at radius 3 is 2.62 bits per heavy atom. The number of ether oxygens (including phenoxy) is 1. The number of aromatic nitrogens is 2. The fraction of sp³-hybridized carbons (Fsp3) is 0.190. The zero-order chi connectivity index (χ0) is 23.1. The molecule has 166 valence electrons. The molecular weight excluding hydrogens is 434 g/mol. The molecule has 1 aromatic carbocycles. The van der Waals surface area contributed by atoms with Gasteiger partial charge in [0.05, 0.1) is 24.1 Å². The van der Waals surface area contributed by atoms with E-state index in [0.29, 0.717) is 39.9 Å². The van der Waals surface area contributed by atoms with Gasteiger partial charge in [0.25, 0.3) is 5.91 Å². The number of hydrogen-bond acceptors (Lipinski definition) is 7. The van der Waals surface area contributed by atoms with Gasteiger partial charge < -0.3 is 20.4 Å². The minimum absolute atomic E-state index is 0.157. The number of aryl methyl sites for hydroxylation is 1. The number of carbonyl (C=O) groups excluding carboxylic acids is 3. The third-order valence-electron chi connectivity index (χ3n) is 4.22. The van der Waals surface area contributed by atoms with Crippen molar-refractivity contribution in [2.24, 2.45) is 0 Å². The molecule has 4 N–H and O–H groups in total. The van der Waals surface area contributed by atoms with Crippen molar-refractivity contribution >= 4 is 45.6 Å². The average Bonchev–Trinajstić information content (AvgIpc) is 3.20. The van der Waals surface area contributed by atoms with Crippen LogP contribution < -0.4 is 26.2 Å². The lowest BCUT2D eigenvalue weighted by Gasteiger charge is -2.12. The number of pyridine rings is 1. The van der Waals surface area contributed by atoms with E-state index in [0.717, 1.165) is 0 Å². The van der Waals surface area contributed by atoms with E-state index in [9.17, 15) is 19.2 Å². The summed E-state index contributed by atoms with van der Waals surface area (Å²) in [5, 5.41) is 10.2. The lowest BCUT2D eigenvalue weighted by Crippen LogP contribution is -2.15. The number of H-pyrrole nitrogens is 1. The summed E-state index contributed by atoms with van der Waals surface area (Å²) < 4.78 is 5.25. The molecule has 32 heavy (non-hydrogen) atoms.